The Hall–Kier alpha value is -4.95. The minimum absolute atomic E-state index is 0.119. The van der Waals surface area contributed by atoms with Crippen LogP contribution in [0.4, 0.5) is 0 Å². The second kappa shape index (κ2) is 8.53. The monoisotopic (exact) mass is 512 g/mol. The molecule has 0 radical (unpaired) electrons. The lowest BCUT2D eigenvalue weighted by atomic mass is 9.70. The van der Waals surface area contributed by atoms with Crippen LogP contribution >= 0.6 is 0 Å². The van der Waals surface area contributed by atoms with Gasteiger partial charge < -0.3 is 4.57 Å². The van der Waals surface area contributed by atoms with Gasteiger partial charge in [-0.15, -0.1) is 0 Å². The van der Waals surface area contributed by atoms with Gasteiger partial charge in [0.05, 0.1) is 11.4 Å². The third-order valence-corrected chi connectivity index (χ3v) is 8.50. The lowest BCUT2D eigenvalue weighted by Crippen LogP contribution is -2.31. The minimum atomic E-state index is -0.119. The van der Waals surface area contributed by atoms with Crippen molar-refractivity contribution in [1.82, 2.24) is 9.55 Å². The first-order chi connectivity index (χ1) is 19.6. The van der Waals surface area contributed by atoms with Crippen LogP contribution in [0.25, 0.3) is 57.1 Å². The highest BCUT2D eigenvalue weighted by atomic mass is 14.9. The molecule has 0 saturated heterocycles. The van der Waals surface area contributed by atoms with E-state index < -0.39 is 0 Å². The number of benzene rings is 3. The molecule has 40 heavy (non-hydrogen) atoms. The summed E-state index contributed by atoms with van der Waals surface area (Å²) in [5.41, 5.74) is 13.2. The maximum atomic E-state index is 5.07. The van der Waals surface area contributed by atoms with Crippen LogP contribution in [0.2, 0.25) is 0 Å². The average Bonchev–Trinajstić information content (AvgIpc) is 3.56. The summed E-state index contributed by atoms with van der Waals surface area (Å²) in [4.78, 5) is 5.07. The topological polar surface area (TPSA) is 17.8 Å². The van der Waals surface area contributed by atoms with Crippen LogP contribution in [0, 0.1) is 0 Å². The number of pyridine rings is 2. The highest BCUT2D eigenvalue weighted by molar-refractivity contribution is 6.00. The number of fused-ring (bicyclic) bond motifs is 5. The van der Waals surface area contributed by atoms with Crippen molar-refractivity contribution in [1.29, 1.82) is 0 Å². The molecule has 1 aromatic heterocycles. The van der Waals surface area contributed by atoms with Gasteiger partial charge in [0.15, 0.2) is 0 Å². The predicted molar refractivity (Wildman–Crippen MR) is 166 cm³/mol. The van der Waals surface area contributed by atoms with E-state index in [1.54, 1.807) is 0 Å². The number of aromatic nitrogens is 2. The summed E-state index contributed by atoms with van der Waals surface area (Å²) in [5.74, 6) is 0. The Morgan fingerprint density at radius 2 is 1.30 bits per heavy atom. The van der Waals surface area contributed by atoms with E-state index in [9.17, 15) is 0 Å². The highest BCUT2D eigenvalue weighted by Gasteiger charge is 2.38. The van der Waals surface area contributed by atoms with E-state index in [-0.39, 0.29) is 5.41 Å². The molecular weight excluding hydrogens is 484 g/mol. The summed E-state index contributed by atoms with van der Waals surface area (Å²) < 4.78 is 2.26. The molecule has 0 unspecified atom stereocenters. The van der Waals surface area contributed by atoms with Gasteiger partial charge in [-0.05, 0) is 74.7 Å². The molecule has 0 fully saturated rings. The summed E-state index contributed by atoms with van der Waals surface area (Å²) in [7, 11) is 0. The lowest BCUT2D eigenvalue weighted by molar-refractivity contribution is 0.689. The molecule has 0 amide bonds. The Bertz CT molecular complexity index is 2000. The zero-order chi connectivity index (χ0) is 26.8. The summed E-state index contributed by atoms with van der Waals surface area (Å²) in [6, 6.07) is 38.7. The number of allylic oxidation sites excluding steroid dienone is 1. The van der Waals surface area contributed by atoms with Crippen LogP contribution in [0.5, 0.6) is 0 Å². The maximum absolute atomic E-state index is 5.07. The average molecular weight is 513 g/mol. The number of hydrogen-bond acceptors (Lipinski definition) is 1. The molecule has 0 spiro atoms. The van der Waals surface area contributed by atoms with Crippen LogP contribution < -0.4 is 10.4 Å². The molecule has 4 aliphatic rings. The predicted octanol–water partition coefficient (Wildman–Crippen LogP) is 7.63. The number of hydrogen-bond donors (Lipinski definition) is 0. The third-order valence-electron chi connectivity index (χ3n) is 8.50. The fourth-order valence-corrected chi connectivity index (χ4v) is 6.74. The van der Waals surface area contributed by atoms with Gasteiger partial charge in [-0.25, -0.2) is 4.98 Å². The van der Waals surface area contributed by atoms with Gasteiger partial charge in [0.1, 0.15) is 0 Å². The molecule has 0 saturated carbocycles. The minimum Gasteiger partial charge on any atom is -0.323 e. The Kier molecular flexibility index (Phi) is 4.90. The molecule has 2 nitrogen and oxygen atoms in total. The number of nitrogens with zero attached hydrogens (tertiary/aromatic N) is 2. The van der Waals surface area contributed by atoms with Crippen LogP contribution in [0.15, 0.2) is 127 Å². The first-order valence-corrected chi connectivity index (χ1v) is 13.9. The Morgan fingerprint density at radius 3 is 2.00 bits per heavy atom. The molecule has 3 aliphatic carbocycles. The second-order valence-electron chi connectivity index (χ2n) is 11.4. The second-order valence-corrected chi connectivity index (χ2v) is 11.4. The van der Waals surface area contributed by atoms with Crippen molar-refractivity contribution in [2.45, 2.75) is 19.3 Å². The normalized spacial score (nSPS) is 14.8. The molecule has 0 N–H and O–H groups in total. The van der Waals surface area contributed by atoms with E-state index in [0.717, 1.165) is 28.2 Å². The zero-order valence-electron chi connectivity index (χ0n) is 22.6. The first kappa shape index (κ1) is 23.0. The van der Waals surface area contributed by atoms with Gasteiger partial charge in [-0.2, -0.15) is 0 Å². The molecule has 2 heterocycles. The van der Waals surface area contributed by atoms with E-state index in [4.69, 9.17) is 4.98 Å². The van der Waals surface area contributed by atoms with Crippen LogP contribution in [0.1, 0.15) is 25.0 Å². The molecule has 0 atom stereocenters. The smallest absolute Gasteiger partial charge is 0.0730 e. The molecular formula is C38H28N2. The van der Waals surface area contributed by atoms with Crippen molar-refractivity contribution in [3.05, 3.63) is 149 Å². The fourth-order valence-electron chi connectivity index (χ4n) is 6.74. The quantitative estimate of drug-likeness (QED) is 0.238. The third kappa shape index (κ3) is 3.46. The van der Waals surface area contributed by atoms with Crippen molar-refractivity contribution in [3.63, 3.8) is 0 Å². The summed E-state index contributed by atoms with van der Waals surface area (Å²) in [6.45, 7) is 4.77. The zero-order valence-corrected chi connectivity index (χ0v) is 22.6. The lowest BCUT2D eigenvalue weighted by Gasteiger charge is -2.33. The Labute approximate surface area is 234 Å². The van der Waals surface area contributed by atoms with Crippen molar-refractivity contribution >= 4 is 17.7 Å². The first-order valence-electron chi connectivity index (χ1n) is 13.9. The van der Waals surface area contributed by atoms with Gasteiger partial charge >= 0.3 is 0 Å². The molecule has 190 valence electrons. The van der Waals surface area contributed by atoms with E-state index in [1.165, 1.54) is 43.8 Å². The van der Waals surface area contributed by atoms with Crippen LogP contribution in [-0.4, -0.2) is 9.55 Å². The molecule has 3 aromatic carbocycles. The SMILES string of the molecule is CC1(C)C2=c3ccccc3=CC2=Cc2cc3ccn(-c4cc(-c5ccccc5)nc(-c5ccccc5)c4)cc-3c21. The molecule has 1 aliphatic heterocycles. The molecule has 2 heteroatoms. The van der Waals surface area contributed by atoms with Gasteiger partial charge in [-0.3, -0.25) is 0 Å². The van der Waals surface area contributed by atoms with E-state index in [2.05, 4.69) is 140 Å². The van der Waals surface area contributed by atoms with Crippen molar-refractivity contribution in [3.8, 4) is 39.3 Å². The highest BCUT2D eigenvalue weighted by Crippen LogP contribution is 2.50. The number of rotatable bonds is 3. The molecule has 0 bridgehead atoms. The summed E-state index contributed by atoms with van der Waals surface area (Å²) in [6.07, 6.45) is 9.23. The molecule has 4 aromatic rings. The summed E-state index contributed by atoms with van der Waals surface area (Å²) in [5, 5.41) is 2.68. The Morgan fingerprint density at radius 1 is 0.650 bits per heavy atom. The largest absolute Gasteiger partial charge is 0.323 e. The maximum Gasteiger partial charge on any atom is 0.0730 e. The van der Waals surface area contributed by atoms with Gasteiger partial charge in [0, 0.05) is 40.2 Å². The van der Waals surface area contributed by atoms with E-state index in [0.29, 0.717) is 0 Å². The van der Waals surface area contributed by atoms with E-state index in [1.807, 2.05) is 12.1 Å². The fraction of sp³-hybridized carbons (Fsp3) is 0.0789. The molecule has 8 rings (SSSR count). The van der Waals surface area contributed by atoms with Gasteiger partial charge in [-0.1, -0.05) is 98.8 Å². The van der Waals surface area contributed by atoms with Crippen molar-refractivity contribution in [2.24, 2.45) is 0 Å². The van der Waals surface area contributed by atoms with Crippen molar-refractivity contribution in [2.75, 3.05) is 0 Å². The van der Waals surface area contributed by atoms with Gasteiger partial charge in [0.25, 0.3) is 0 Å². The standard InChI is InChI=1S/C38H28N2/c1-38(2)36-29(19-27-15-9-10-16-32(27)36)21-30-20-28-17-18-40(24-33(28)37(30)38)31-22-34(25-11-5-3-6-12-25)39-35(23-31)26-13-7-4-8-14-26/h3-24H,1-2H3. The summed E-state index contributed by atoms with van der Waals surface area (Å²) >= 11 is 0. The Balaban J connectivity index is 1.34. The van der Waals surface area contributed by atoms with Gasteiger partial charge in [0.2, 0.25) is 0 Å². The van der Waals surface area contributed by atoms with Crippen LogP contribution in [-0.2, 0) is 5.41 Å². The van der Waals surface area contributed by atoms with Crippen LogP contribution in [0.3, 0.4) is 0 Å². The van der Waals surface area contributed by atoms with Crippen molar-refractivity contribution < 1.29 is 0 Å². The van der Waals surface area contributed by atoms with E-state index >= 15 is 0 Å².